The predicted molar refractivity (Wildman–Crippen MR) is 91.7 cm³/mol. The van der Waals surface area contributed by atoms with Crippen LogP contribution in [0.1, 0.15) is 12.5 Å². The number of para-hydroxylation sites is 2. The van der Waals surface area contributed by atoms with Crippen LogP contribution >= 0.6 is 0 Å². The van der Waals surface area contributed by atoms with E-state index in [1.165, 1.54) is 0 Å². The Morgan fingerprint density at radius 2 is 1.73 bits per heavy atom. The molecule has 1 N–H and O–H groups in total. The van der Waals surface area contributed by atoms with Gasteiger partial charge in [0.15, 0.2) is 0 Å². The molecule has 1 amide bonds. The first-order valence-corrected chi connectivity index (χ1v) is 7.24. The van der Waals surface area contributed by atoms with Gasteiger partial charge in [-0.1, -0.05) is 36.4 Å². The van der Waals surface area contributed by atoms with Crippen molar-refractivity contribution in [2.45, 2.75) is 6.92 Å². The second-order valence-corrected chi connectivity index (χ2v) is 5.32. The number of rotatable bonds is 2. The van der Waals surface area contributed by atoms with E-state index < -0.39 is 0 Å². The zero-order valence-electron chi connectivity index (χ0n) is 12.7. The maximum Gasteiger partial charge on any atom is 0.248 e. The Bertz CT molecular complexity index is 760. The Morgan fingerprint density at radius 1 is 1.05 bits per heavy atom. The predicted octanol–water partition coefficient (Wildman–Crippen LogP) is 4.06. The molecule has 0 spiro atoms. The van der Waals surface area contributed by atoms with E-state index in [4.69, 9.17) is 0 Å². The lowest BCUT2D eigenvalue weighted by atomic mass is 9.97. The molecule has 0 unspecified atom stereocenters. The van der Waals surface area contributed by atoms with Crippen LogP contribution in [0.25, 0.3) is 5.57 Å². The van der Waals surface area contributed by atoms with Crippen molar-refractivity contribution in [1.82, 2.24) is 0 Å². The fourth-order valence-corrected chi connectivity index (χ4v) is 2.56. The van der Waals surface area contributed by atoms with Gasteiger partial charge in [-0.3, -0.25) is 4.79 Å². The lowest BCUT2D eigenvalue weighted by Gasteiger charge is -2.28. The molecule has 0 fully saturated rings. The summed E-state index contributed by atoms with van der Waals surface area (Å²) < 4.78 is 0. The van der Waals surface area contributed by atoms with E-state index in [2.05, 4.69) is 16.3 Å². The second kappa shape index (κ2) is 5.90. The molecule has 110 valence electrons. The zero-order valence-corrected chi connectivity index (χ0v) is 12.7. The maximum absolute atomic E-state index is 12.2. The number of fused-ring (bicyclic) bond motifs is 1. The molecule has 3 heteroatoms. The normalized spacial score (nSPS) is 15.3. The van der Waals surface area contributed by atoms with Gasteiger partial charge in [-0.05, 0) is 36.8 Å². The van der Waals surface area contributed by atoms with E-state index in [0.717, 1.165) is 28.2 Å². The molecule has 0 radical (unpaired) electrons. The molecule has 0 aliphatic carbocycles. The van der Waals surface area contributed by atoms with Crippen LogP contribution in [-0.4, -0.2) is 13.0 Å². The highest BCUT2D eigenvalue weighted by Gasteiger charge is 2.17. The summed E-state index contributed by atoms with van der Waals surface area (Å²) in [5.41, 5.74) is 5.02. The summed E-state index contributed by atoms with van der Waals surface area (Å²) in [5, 5.41) is 2.89. The lowest BCUT2D eigenvalue weighted by Crippen LogP contribution is -2.19. The van der Waals surface area contributed by atoms with Gasteiger partial charge in [0.05, 0.1) is 0 Å². The summed E-state index contributed by atoms with van der Waals surface area (Å²) in [4.78, 5) is 14.4. The van der Waals surface area contributed by atoms with Gasteiger partial charge >= 0.3 is 0 Å². The summed E-state index contributed by atoms with van der Waals surface area (Å²) in [7, 11) is 2.03. The van der Waals surface area contributed by atoms with Crippen LogP contribution in [0, 0.1) is 0 Å². The van der Waals surface area contributed by atoms with Crippen LogP contribution in [0.15, 0.2) is 72.4 Å². The first-order valence-electron chi connectivity index (χ1n) is 7.24. The Balaban J connectivity index is 1.91. The molecule has 1 heterocycles. The average Bonchev–Trinajstić information content (AvgIpc) is 2.53. The summed E-state index contributed by atoms with van der Waals surface area (Å²) in [6.07, 6.45) is 3.69. The summed E-state index contributed by atoms with van der Waals surface area (Å²) in [5.74, 6) is -0.121. The van der Waals surface area contributed by atoms with E-state index in [9.17, 15) is 4.79 Å². The van der Waals surface area contributed by atoms with Gasteiger partial charge in [0.25, 0.3) is 0 Å². The Labute approximate surface area is 130 Å². The van der Waals surface area contributed by atoms with Crippen molar-refractivity contribution in [2.75, 3.05) is 17.3 Å². The highest BCUT2D eigenvalue weighted by atomic mass is 16.1. The molecular weight excluding hydrogens is 272 g/mol. The zero-order chi connectivity index (χ0) is 15.5. The van der Waals surface area contributed by atoms with E-state index >= 15 is 0 Å². The molecule has 0 saturated carbocycles. The van der Waals surface area contributed by atoms with E-state index in [0.29, 0.717) is 0 Å². The van der Waals surface area contributed by atoms with Crippen molar-refractivity contribution in [3.8, 4) is 0 Å². The topological polar surface area (TPSA) is 32.3 Å². The lowest BCUT2D eigenvalue weighted by molar-refractivity contribution is -0.111. The largest absolute Gasteiger partial charge is 0.348 e. The number of allylic oxidation sites excluding steroid dienone is 3. The summed E-state index contributed by atoms with van der Waals surface area (Å²) in [6, 6.07) is 17.6. The van der Waals surface area contributed by atoms with Crippen LogP contribution in [-0.2, 0) is 4.79 Å². The van der Waals surface area contributed by atoms with Crippen molar-refractivity contribution in [3.63, 3.8) is 0 Å². The second-order valence-electron chi connectivity index (χ2n) is 5.32. The van der Waals surface area contributed by atoms with Gasteiger partial charge in [-0.2, -0.15) is 0 Å². The minimum absolute atomic E-state index is 0.121. The molecule has 0 saturated heterocycles. The van der Waals surface area contributed by atoms with Gasteiger partial charge in [-0.25, -0.2) is 0 Å². The molecule has 1 aliphatic heterocycles. The van der Waals surface area contributed by atoms with Gasteiger partial charge in [0.1, 0.15) is 0 Å². The Kier molecular flexibility index (Phi) is 3.79. The molecule has 0 bridgehead atoms. The number of hydrogen-bond donors (Lipinski definition) is 1. The summed E-state index contributed by atoms with van der Waals surface area (Å²) >= 11 is 0. The molecular formula is C19H18N2O. The number of amides is 1. The Morgan fingerprint density at radius 3 is 2.50 bits per heavy atom. The van der Waals surface area contributed by atoms with E-state index in [-0.39, 0.29) is 5.91 Å². The van der Waals surface area contributed by atoms with Crippen LogP contribution < -0.4 is 10.2 Å². The third-order valence-electron chi connectivity index (χ3n) is 3.80. The number of carbonyl (C=O) groups is 1. The van der Waals surface area contributed by atoms with Crippen molar-refractivity contribution in [1.29, 1.82) is 0 Å². The molecule has 2 aromatic rings. The highest BCUT2D eigenvalue weighted by Crippen LogP contribution is 2.34. The fourth-order valence-electron chi connectivity index (χ4n) is 2.56. The Hall–Kier alpha value is -2.81. The number of nitrogens with one attached hydrogen (secondary N) is 1. The third-order valence-corrected chi connectivity index (χ3v) is 3.80. The standard InChI is InChI=1S/C19H18N2O/c1-14-12-15(17-10-6-7-11-18(17)21(14)2)13-19(22)20-16-8-4-3-5-9-16/h3-13H,1-2H3,(H,20,22). The highest BCUT2D eigenvalue weighted by molar-refractivity contribution is 6.07. The first-order chi connectivity index (χ1) is 10.6. The minimum atomic E-state index is -0.121. The first kappa shape index (κ1) is 14.1. The number of anilines is 2. The van der Waals surface area contributed by atoms with E-state index in [1.807, 2.05) is 68.6 Å². The molecule has 22 heavy (non-hydrogen) atoms. The third kappa shape index (κ3) is 2.79. The number of hydrogen-bond acceptors (Lipinski definition) is 2. The van der Waals surface area contributed by atoms with Crippen molar-refractivity contribution in [3.05, 3.63) is 78.0 Å². The number of carbonyl (C=O) groups excluding carboxylic acids is 1. The van der Waals surface area contributed by atoms with Crippen LogP contribution in [0.5, 0.6) is 0 Å². The van der Waals surface area contributed by atoms with E-state index in [1.54, 1.807) is 6.08 Å². The van der Waals surface area contributed by atoms with Crippen molar-refractivity contribution >= 4 is 22.9 Å². The maximum atomic E-state index is 12.2. The minimum Gasteiger partial charge on any atom is -0.348 e. The van der Waals surface area contributed by atoms with Gasteiger partial charge in [0.2, 0.25) is 5.91 Å². The quantitative estimate of drug-likeness (QED) is 0.846. The molecule has 2 aromatic carbocycles. The monoisotopic (exact) mass is 290 g/mol. The molecule has 3 nitrogen and oxygen atoms in total. The average molecular weight is 290 g/mol. The van der Waals surface area contributed by atoms with Gasteiger partial charge in [-0.15, -0.1) is 0 Å². The fraction of sp³-hybridized carbons (Fsp3) is 0.105. The van der Waals surface area contributed by atoms with Crippen LogP contribution in [0.4, 0.5) is 11.4 Å². The number of benzene rings is 2. The number of nitrogens with zero attached hydrogens (tertiary/aromatic N) is 1. The van der Waals surface area contributed by atoms with Crippen LogP contribution in [0.3, 0.4) is 0 Å². The molecule has 3 rings (SSSR count). The molecule has 0 atom stereocenters. The molecule has 0 aromatic heterocycles. The SMILES string of the molecule is CC1=CC(=CC(=O)Nc2ccccc2)c2ccccc2N1C. The van der Waals surface area contributed by atoms with Gasteiger partial charge in [0, 0.05) is 35.8 Å². The van der Waals surface area contributed by atoms with Crippen molar-refractivity contribution in [2.24, 2.45) is 0 Å². The van der Waals surface area contributed by atoms with Crippen LogP contribution in [0.2, 0.25) is 0 Å². The smallest absolute Gasteiger partial charge is 0.248 e. The van der Waals surface area contributed by atoms with Crippen molar-refractivity contribution < 1.29 is 4.79 Å². The molecule has 1 aliphatic rings. The van der Waals surface area contributed by atoms with Gasteiger partial charge < -0.3 is 10.2 Å². The summed E-state index contributed by atoms with van der Waals surface area (Å²) in [6.45, 7) is 2.04.